The Morgan fingerprint density at radius 1 is 1.55 bits per heavy atom. The summed E-state index contributed by atoms with van der Waals surface area (Å²) >= 11 is 0. The van der Waals surface area contributed by atoms with E-state index in [0.717, 1.165) is 25.9 Å². The summed E-state index contributed by atoms with van der Waals surface area (Å²) in [5.74, 6) is 0. The van der Waals surface area contributed by atoms with Crippen LogP contribution >= 0.6 is 18.9 Å². The zero-order valence-corrected chi connectivity index (χ0v) is 17.1. The third-order valence-electron chi connectivity index (χ3n) is 2.75. The molecule has 2 saturated heterocycles. The molecule has 2 bridgehead atoms. The van der Waals surface area contributed by atoms with Gasteiger partial charge in [-0.2, -0.15) is 5.06 Å². The van der Waals surface area contributed by atoms with Gasteiger partial charge in [0.2, 0.25) is 6.41 Å². The summed E-state index contributed by atoms with van der Waals surface area (Å²) in [5, 5.41) is 5.10. The van der Waals surface area contributed by atoms with Crippen LogP contribution in [0.3, 0.4) is 0 Å². The average molecular weight is 450 g/mol. The Balaban J connectivity index is 0.000000364. The first kappa shape index (κ1) is 20.8. The van der Waals surface area contributed by atoms with Crippen molar-refractivity contribution in [2.45, 2.75) is 18.9 Å². The zero-order valence-electron chi connectivity index (χ0n) is 11.1. The van der Waals surface area contributed by atoms with Gasteiger partial charge < -0.3 is 9.99 Å². The van der Waals surface area contributed by atoms with Gasteiger partial charge >= 0.3 is 6.03 Å². The van der Waals surface area contributed by atoms with Gasteiger partial charge in [0, 0.05) is 63.8 Å². The van der Waals surface area contributed by atoms with Crippen molar-refractivity contribution in [3.8, 4) is 0 Å². The number of carbonyl (C=O) groups is 2. The van der Waals surface area contributed by atoms with E-state index in [1.165, 1.54) is 5.06 Å². The van der Waals surface area contributed by atoms with E-state index in [9.17, 15) is 9.59 Å². The van der Waals surface area contributed by atoms with E-state index in [4.69, 9.17) is 4.62 Å². The summed E-state index contributed by atoms with van der Waals surface area (Å²) in [6.07, 6.45) is 2.64. The van der Waals surface area contributed by atoms with Crippen LogP contribution in [-0.2, 0) is 14.3 Å². The molecule has 0 spiro atoms. The van der Waals surface area contributed by atoms with Crippen molar-refractivity contribution in [2.24, 2.45) is 0 Å². The Morgan fingerprint density at radius 2 is 2.30 bits per heavy atom. The summed E-state index contributed by atoms with van der Waals surface area (Å²) in [4.78, 5) is 27.2. The summed E-state index contributed by atoms with van der Waals surface area (Å²) in [6.45, 7) is 2.72. The van der Waals surface area contributed by atoms with Crippen molar-refractivity contribution in [1.29, 1.82) is 0 Å². The predicted molar refractivity (Wildman–Crippen MR) is 75.7 cm³/mol. The van der Waals surface area contributed by atoms with Gasteiger partial charge in [-0.05, 0) is 12.8 Å². The maximum Gasteiger partial charge on any atom is 0.344 e. The first-order valence-electron chi connectivity index (χ1n) is 5.87. The van der Waals surface area contributed by atoms with Gasteiger partial charge in [0.05, 0.1) is 12.6 Å². The summed E-state index contributed by atoms with van der Waals surface area (Å²) < 4.78 is 4.90. The maximum absolute atomic E-state index is 11.3. The number of amides is 3. The standard InChI is InChI=1S/C6H11N2O2P.C3H8N2O2P.Pr/c9-6-7-3-1-2-5(4-7)8(6)10-11;6-3-4-7-2-1-5-8;/h5H,1-4,11H2;3H,1-2,8H2,(H,4,6);/q;-1;/t5-;;/m1../s1. The molecule has 20 heavy (non-hydrogen) atoms. The second kappa shape index (κ2) is 12.4. The molecule has 113 valence electrons. The molecule has 1 radical (unpaired) electrons. The van der Waals surface area contributed by atoms with Crippen LogP contribution < -0.4 is 5.48 Å². The molecule has 0 aromatic rings. The summed E-state index contributed by atoms with van der Waals surface area (Å²) in [6, 6.07) is 0.302. The molecule has 1 N–H and O–H groups in total. The Labute approximate surface area is 156 Å². The largest absolute Gasteiger partial charge is 0.640 e. The van der Waals surface area contributed by atoms with Crippen molar-refractivity contribution in [1.82, 2.24) is 15.4 Å². The minimum atomic E-state index is 0. The molecular formula is C9H19N4O4P2Pr-. The van der Waals surface area contributed by atoms with Crippen molar-refractivity contribution in [2.75, 3.05) is 26.2 Å². The van der Waals surface area contributed by atoms with E-state index in [0.29, 0.717) is 19.6 Å². The molecule has 2 aliphatic rings. The van der Waals surface area contributed by atoms with Crippen LogP contribution in [0.1, 0.15) is 12.8 Å². The fraction of sp³-hybridized carbons (Fsp3) is 0.778. The fourth-order valence-corrected chi connectivity index (χ4v) is 2.31. The third-order valence-corrected chi connectivity index (χ3v) is 3.24. The van der Waals surface area contributed by atoms with Crippen LogP contribution in [0, 0.1) is 41.3 Å². The summed E-state index contributed by atoms with van der Waals surface area (Å²) in [7, 11) is 4.32. The van der Waals surface area contributed by atoms with E-state index < -0.39 is 0 Å². The minimum absolute atomic E-state index is 0. The molecule has 3 atom stereocenters. The Bertz CT molecular complexity index is 303. The Kier molecular flexibility index (Phi) is 12.9. The molecule has 11 heteroatoms. The molecule has 3 amide bonds. The van der Waals surface area contributed by atoms with Crippen LogP contribution in [0.2, 0.25) is 0 Å². The number of urea groups is 1. The monoisotopic (exact) mass is 450 g/mol. The minimum Gasteiger partial charge on any atom is -0.640 e. The van der Waals surface area contributed by atoms with Gasteiger partial charge in [0.1, 0.15) is 0 Å². The fourth-order valence-electron chi connectivity index (χ4n) is 1.94. The average Bonchev–Trinajstić information content (AvgIpc) is 2.65. The van der Waals surface area contributed by atoms with Crippen molar-refractivity contribution >= 4 is 31.3 Å². The van der Waals surface area contributed by atoms with E-state index in [1.54, 1.807) is 0 Å². The topological polar surface area (TPSA) is 85.2 Å². The molecule has 0 aromatic carbocycles. The SMILES string of the molecule is O=C1N2CCC[C@H](C2)N1OP.O=CNOCC[N-]P.[Pr]. The van der Waals surface area contributed by atoms with Gasteiger partial charge in [0.15, 0.2) is 0 Å². The van der Waals surface area contributed by atoms with Crippen molar-refractivity contribution in [3.05, 3.63) is 5.09 Å². The quantitative estimate of drug-likeness (QED) is 0.276. The molecule has 2 unspecified atom stereocenters. The van der Waals surface area contributed by atoms with Crippen LogP contribution in [0.25, 0.3) is 5.09 Å². The number of hydrogen-bond donors (Lipinski definition) is 1. The number of nitrogens with zero attached hydrogens (tertiary/aromatic N) is 3. The number of hydroxylamine groups is 3. The Hall–Kier alpha value is 0.844. The van der Waals surface area contributed by atoms with Crippen LogP contribution in [0.4, 0.5) is 4.79 Å². The van der Waals surface area contributed by atoms with Gasteiger partial charge in [-0.1, -0.05) is 0 Å². The number of fused-ring (bicyclic) bond motifs is 2. The molecule has 2 aliphatic heterocycles. The van der Waals surface area contributed by atoms with Gasteiger partial charge in [-0.15, -0.1) is 6.54 Å². The van der Waals surface area contributed by atoms with Crippen LogP contribution in [0.15, 0.2) is 0 Å². The molecule has 2 heterocycles. The zero-order chi connectivity index (χ0) is 14.1. The molecule has 2 rings (SSSR count). The molecule has 0 saturated carbocycles. The number of rotatable bonds is 6. The smallest absolute Gasteiger partial charge is 0.344 e. The van der Waals surface area contributed by atoms with E-state index in [2.05, 4.69) is 28.8 Å². The summed E-state index contributed by atoms with van der Waals surface area (Å²) in [5.41, 5.74) is 2.03. The molecular weight excluding hydrogens is 431 g/mol. The van der Waals surface area contributed by atoms with E-state index in [-0.39, 0.29) is 53.4 Å². The molecule has 0 aromatic heterocycles. The van der Waals surface area contributed by atoms with Gasteiger partial charge in [-0.25, -0.2) is 10.3 Å². The van der Waals surface area contributed by atoms with E-state index in [1.807, 2.05) is 10.4 Å². The van der Waals surface area contributed by atoms with E-state index >= 15 is 0 Å². The first-order chi connectivity index (χ1) is 9.24. The number of nitrogens with one attached hydrogen (secondary N) is 1. The van der Waals surface area contributed by atoms with Crippen LogP contribution in [-0.4, -0.2) is 54.7 Å². The second-order valence-electron chi connectivity index (χ2n) is 3.95. The first-order valence-corrected chi connectivity index (χ1v) is 6.86. The molecule has 8 nitrogen and oxygen atoms in total. The molecule has 2 fully saturated rings. The normalized spacial score (nSPS) is 19.9. The number of carbonyl (C=O) groups excluding carboxylic acids is 2. The predicted octanol–water partition coefficient (Wildman–Crippen LogP) is 0.436. The number of hydrogen-bond acceptors (Lipinski definition) is 4. The number of piperidine rings is 1. The van der Waals surface area contributed by atoms with Gasteiger partial charge in [-0.3, -0.25) is 23.6 Å². The van der Waals surface area contributed by atoms with Gasteiger partial charge in [0.25, 0.3) is 0 Å². The van der Waals surface area contributed by atoms with Crippen molar-refractivity contribution in [3.63, 3.8) is 0 Å². The maximum atomic E-state index is 11.3. The second-order valence-corrected chi connectivity index (χ2v) is 4.52. The third kappa shape index (κ3) is 6.74. The van der Waals surface area contributed by atoms with Crippen LogP contribution in [0.5, 0.6) is 0 Å². The Morgan fingerprint density at radius 3 is 2.85 bits per heavy atom. The molecule has 0 aliphatic carbocycles. The van der Waals surface area contributed by atoms with Crippen molar-refractivity contribution < 1.29 is 60.3 Å².